The number of aromatic amines is 1. The van der Waals surface area contributed by atoms with Crippen LogP contribution in [0.15, 0.2) is 18.6 Å². The van der Waals surface area contributed by atoms with E-state index in [-0.39, 0.29) is 30.0 Å². The van der Waals surface area contributed by atoms with Crippen LogP contribution in [0.3, 0.4) is 0 Å². The third kappa shape index (κ3) is 5.18. The van der Waals surface area contributed by atoms with E-state index in [9.17, 15) is 8.76 Å². The molecule has 2 saturated heterocycles. The van der Waals surface area contributed by atoms with E-state index in [1.165, 1.54) is 0 Å². The Balaban J connectivity index is 1.33. The van der Waals surface area contributed by atoms with Gasteiger partial charge >= 0.3 is 0 Å². The zero-order chi connectivity index (χ0) is 23.7. The fourth-order valence-electron chi connectivity index (χ4n) is 4.87. The van der Waals surface area contributed by atoms with E-state index in [1.807, 2.05) is 33.0 Å². The predicted molar refractivity (Wildman–Crippen MR) is 127 cm³/mol. The van der Waals surface area contributed by atoms with Crippen LogP contribution in [0.2, 0.25) is 0 Å². The first kappa shape index (κ1) is 23.4. The quantitative estimate of drug-likeness (QED) is 0.492. The number of piperidine rings is 1. The molecule has 3 N–H and O–H groups in total. The Kier molecular flexibility index (Phi) is 6.97. The molecule has 34 heavy (non-hydrogen) atoms. The van der Waals surface area contributed by atoms with Gasteiger partial charge in [-0.15, -0.1) is 5.10 Å². The maximum atomic E-state index is 11.2. The molecule has 12 nitrogen and oxygen atoms in total. The molecule has 0 aromatic carbocycles. The number of aromatic nitrogens is 5. The summed E-state index contributed by atoms with van der Waals surface area (Å²) in [5, 5.41) is 15.2. The van der Waals surface area contributed by atoms with Crippen LogP contribution in [0.25, 0.3) is 6.08 Å². The maximum absolute atomic E-state index is 11.2. The van der Waals surface area contributed by atoms with Crippen LogP contribution in [0.4, 0.5) is 11.6 Å². The summed E-state index contributed by atoms with van der Waals surface area (Å²) >= 11 is -1.81. The van der Waals surface area contributed by atoms with Crippen molar-refractivity contribution in [2.75, 3.05) is 35.8 Å². The second-order valence-electron chi connectivity index (χ2n) is 9.25. The molecule has 186 valence electrons. The Morgan fingerprint density at radius 2 is 2.26 bits per heavy atom. The molecule has 0 radical (unpaired) electrons. The van der Waals surface area contributed by atoms with Gasteiger partial charge in [-0.05, 0) is 38.2 Å². The van der Waals surface area contributed by atoms with Crippen LogP contribution in [0.5, 0.6) is 0 Å². The van der Waals surface area contributed by atoms with Crippen molar-refractivity contribution in [3.8, 4) is 0 Å². The van der Waals surface area contributed by atoms with E-state index in [0.717, 1.165) is 38.0 Å². The van der Waals surface area contributed by atoms with Gasteiger partial charge in [0.2, 0.25) is 12.3 Å². The Hall–Kier alpha value is -2.32. The molecule has 5 heterocycles. The lowest BCUT2D eigenvalue weighted by Crippen LogP contribution is -2.46. The fourth-order valence-corrected chi connectivity index (χ4v) is 5.42. The Bertz CT molecular complexity index is 1010. The van der Waals surface area contributed by atoms with Gasteiger partial charge < -0.3 is 19.3 Å². The minimum atomic E-state index is -1.81. The van der Waals surface area contributed by atoms with Crippen molar-refractivity contribution in [3.63, 3.8) is 0 Å². The summed E-state index contributed by atoms with van der Waals surface area (Å²) in [6, 6.07) is 0.178. The number of ether oxygens (including phenoxy) is 2. The fraction of sp³-hybridized carbons (Fsp3) is 0.667. The summed E-state index contributed by atoms with van der Waals surface area (Å²) in [4.78, 5) is 8.73. The highest BCUT2D eigenvalue weighted by Crippen LogP contribution is 2.32. The summed E-state index contributed by atoms with van der Waals surface area (Å²) in [7, 11) is 0. The highest BCUT2D eigenvalue weighted by molar-refractivity contribution is 7.79. The highest BCUT2D eigenvalue weighted by atomic mass is 32.2. The molecule has 2 aromatic rings. The molecular formula is C21H32N8O4S. The van der Waals surface area contributed by atoms with Gasteiger partial charge in [-0.25, -0.2) is 4.21 Å². The molecule has 5 rings (SSSR count). The number of nitrogens with zero attached hydrogens (tertiary/aromatic N) is 6. The van der Waals surface area contributed by atoms with E-state index >= 15 is 0 Å². The molecule has 0 spiro atoms. The van der Waals surface area contributed by atoms with E-state index in [4.69, 9.17) is 19.6 Å². The van der Waals surface area contributed by atoms with Crippen LogP contribution >= 0.6 is 0 Å². The summed E-state index contributed by atoms with van der Waals surface area (Å²) in [6.07, 6.45) is 9.65. The SMILES string of the molecule is CC1CC(OC2N(c3cn[nH]c3)C=Cc3nc(N[C@H]4CCN(CS(=O)O)C[C@H]4C)nn32)CCO1. The monoisotopic (exact) mass is 492 g/mol. The third-order valence-electron chi connectivity index (χ3n) is 6.62. The van der Waals surface area contributed by atoms with Crippen molar-refractivity contribution in [1.82, 2.24) is 29.9 Å². The zero-order valence-corrected chi connectivity index (χ0v) is 20.2. The number of hydrogen-bond donors (Lipinski definition) is 3. The molecule has 4 unspecified atom stereocenters. The molecule has 6 atom stereocenters. The van der Waals surface area contributed by atoms with Gasteiger partial charge in [0.15, 0.2) is 16.9 Å². The van der Waals surface area contributed by atoms with Gasteiger partial charge in [-0.3, -0.25) is 14.9 Å². The van der Waals surface area contributed by atoms with E-state index in [0.29, 0.717) is 18.4 Å². The second-order valence-corrected chi connectivity index (χ2v) is 10.2. The Morgan fingerprint density at radius 1 is 1.38 bits per heavy atom. The topological polar surface area (TPSA) is 134 Å². The molecule has 0 aliphatic carbocycles. The molecular weight excluding hydrogens is 460 g/mol. The van der Waals surface area contributed by atoms with Crippen molar-refractivity contribution in [1.29, 1.82) is 0 Å². The maximum Gasteiger partial charge on any atom is 0.243 e. The van der Waals surface area contributed by atoms with Crippen LogP contribution in [-0.4, -0.2) is 82.4 Å². The first-order valence-corrected chi connectivity index (χ1v) is 13.0. The number of anilines is 2. The minimum Gasteiger partial charge on any atom is -0.378 e. The van der Waals surface area contributed by atoms with E-state index in [2.05, 4.69) is 29.4 Å². The number of H-pyrrole nitrogens is 1. The van der Waals surface area contributed by atoms with Gasteiger partial charge in [0.25, 0.3) is 0 Å². The molecule has 13 heteroatoms. The molecule has 2 fully saturated rings. The number of hydrogen-bond acceptors (Lipinski definition) is 9. The third-order valence-corrected chi connectivity index (χ3v) is 7.21. The van der Waals surface area contributed by atoms with Crippen LogP contribution in [-0.2, 0) is 20.6 Å². The smallest absolute Gasteiger partial charge is 0.243 e. The Labute approximate surface area is 201 Å². The standard InChI is InChI=1S/C21H32N8O4S/c1-14-12-27(13-34(30)31)6-3-18(14)24-20-25-19-4-7-28(16-10-22-23-11-16)21(29(19)26-20)33-17-5-8-32-15(2)9-17/h4,7,10-11,14-15,17-18,21H,3,5-6,8-9,12-13H2,1-2H3,(H,22,23)(H,24,26)(H,30,31)/t14-,15?,17?,18+,21?/m1/s1. The van der Waals surface area contributed by atoms with Crippen LogP contribution in [0.1, 0.15) is 45.3 Å². The lowest BCUT2D eigenvalue weighted by Gasteiger charge is -2.37. The van der Waals surface area contributed by atoms with Gasteiger partial charge in [0.05, 0.1) is 24.1 Å². The van der Waals surface area contributed by atoms with Crippen molar-refractivity contribution in [2.45, 2.75) is 57.7 Å². The average Bonchev–Trinajstić information content (AvgIpc) is 3.45. The summed E-state index contributed by atoms with van der Waals surface area (Å²) < 4.78 is 34.4. The van der Waals surface area contributed by atoms with Gasteiger partial charge in [-0.2, -0.15) is 14.8 Å². The van der Waals surface area contributed by atoms with Crippen molar-refractivity contribution in [3.05, 3.63) is 24.4 Å². The minimum absolute atomic E-state index is 0.0459. The van der Waals surface area contributed by atoms with E-state index < -0.39 is 17.4 Å². The number of fused-ring (bicyclic) bond motifs is 1. The van der Waals surface area contributed by atoms with Crippen molar-refractivity contribution >= 4 is 28.8 Å². The van der Waals surface area contributed by atoms with Crippen LogP contribution < -0.4 is 10.2 Å². The highest BCUT2D eigenvalue weighted by Gasteiger charge is 2.33. The molecule has 0 amide bonds. The second kappa shape index (κ2) is 10.1. The van der Waals surface area contributed by atoms with Crippen LogP contribution in [0, 0.1) is 5.92 Å². The number of likely N-dealkylation sites (tertiary alicyclic amines) is 1. The molecule has 3 aliphatic rings. The van der Waals surface area contributed by atoms with Gasteiger partial charge in [-0.1, -0.05) is 6.92 Å². The normalized spacial score (nSPS) is 30.8. The van der Waals surface area contributed by atoms with Gasteiger partial charge in [0.1, 0.15) is 5.88 Å². The van der Waals surface area contributed by atoms with Gasteiger partial charge in [0, 0.05) is 38.1 Å². The predicted octanol–water partition coefficient (Wildman–Crippen LogP) is 1.83. The summed E-state index contributed by atoms with van der Waals surface area (Å²) in [5.41, 5.74) is 0.874. The lowest BCUT2D eigenvalue weighted by molar-refractivity contribution is -0.117. The number of nitrogens with one attached hydrogen (secondary N) is 2. The lowest BCUT2D eigenvalue weighted by atomic mass is 9.94. The zero-order valence-electron chi connectivity index (χ0n) is 19.4. The number of rotatable bonds is 7. The Morgan fingerprint density at radius 3 is 3.00 bits per heavy atom. The van der Waals surface area contributed by atoms with Crippen molar-refractivity contribution in [2.24, 2.45) is 5.92 Å². The molecule has 3 aliphatic heterocycles. The van der Waals surface area contributed by atoms with Crippen molar-refractivity contribution < 1.29 is 18.2 Å². The first-order valence-electron chi connectivity index (χ1n) is 11.7. The molecule has 2 aromatic heterocycles. The molecule has 0 saturated carbocycles. The summed E-state index contributed by atoms with van der Waals surface area (Å²) in [5.74, 6) is 1.74. The van der Waals surface area contributed by atoms with E-state index in [1.54, 1.807) is 6.20 Å². The first-order chi connectivity index (χ1) is 16.5. The summed E-state index contributed by atoms with van der Waals surface area (Å²) in [6.45, 7) is 6.39. The molecule has 0 bridgehead atoms. The average molecular weight is 493 g/mol. The largest absolute Gasteiger partial charge is 0.378 e.